The Labute approximate surface area is 99.1 Å². The summed E-state index contributed by atoms with van der Waals surface area (Å²) in [6.07, 6.45) is 1.02. The Morgan fingerprint density at radius 1 is 1.20 bits per heavy atom. The number of rotatable bonds is 6. The molecule has 0 aliphatic rings. The minimum absolute atomic E-state index is 0.00595. The highest BCUT2D eigenvalue weighted by atomic mass is 79.9. The number of nitrogens with one attached hydrogen (secondary N) is 2. The highest BCUT2D eigenvalue weighted by Crippen LogP contribution is 2.03. The molecule has 0 atom stereocenters. The van der Waals surface area contributed by atoms with Crippen LogP contribution in [0.3, 0.4) is 0 Å². The molecule has 0 aromatic carbocycles. The molecule has 0 aliphatic heterocycles. The molecule has 0 rings (SSSR count). The molecule has 15 heavy (non-hydrogen) atoms. The van der Waals surface area contributed by atoms with Crippen LogP contribution in [0.2, 0.25) is 0 Å². The van der Waals surface area contributed by atoms with Crippen molar-refractivity contribution < 1.29 is 16.8 Å². The Morgan fingerprint density at radius 2 is 1.67 bits per heavy atom. The van der Waals surface area contributed by atoms with Crippen LogP contribution in [-0.2, 0) is 20.0 Å². The molecule has 0 saturated heterocycles. The largest absolute Gasteiger partial charge is 0.221 e. The lowest BCUT2D eigenvalue weighted by atomic mass is 10.1. The van der Waals surface area contributed by atoms with E-state index in [-0.39, 0.29) is 11.2 Å². The molecule has 2 N–H and O–H groups in total. The van der Waals surface area contributed by atoms with Crippen LogP contribution in [0.4, 0.5) is 0 Å². The lowest BCUT2D eigenvalue weighted by molar-refractivity contribution is 0.446. The molecule has 6 nitrogen and oxygen atoms in total. The molecule has 0 heterocycles. The summed E-state index contributed by atoms with van der Waals surface area (Å²) in [6.45, 7) is 3.17. The fraction of sp³-hybridized carbons (Fsp3) is 1.00. The second kappa shape index (κ2) is 5.09. The van der Waals surface area contributed by atoms with Gasteiger partial charge in [-0.25, -0.2) is 26.3 Å². The Balaban J connectivity index is 4.42. The molecule has 0 radical (unpaired) electrons. The minimum atomic E-state index is -3.38. The molecule has 0 unspecified atom stereocenters. The van der Waals surface area contributed by atoms with E-state index in [1.165, 1.54) is 0 Å². The first kappa shape index (κ1) is 15.3. The first-order valence-electron chi connectivity index (χ1n) is 4.00. The van der Waals surface area contributed by atoms with Gasteiger partial charge in [0.1, 0.15) is 4.66 Å². The van der Waals surface area contributed by atoms with Crippen LogP contribution in [0, 0.1) is 0 Å². The molecular formula is C6H15BrN2O4S2. The molecule has 0 fully saturated rings. The predicted octanol–water partition coefficient (Wildman–Crippen LogP) is -0.414. The third kappa shape index (κ3) is 8.14. The fourth-order valence-electron chi connectivity index (χ4n) is 0.867. The SMILES string of the molecule is CC(C)(CNS(=O)(=O)CBr)NS(C)(=O)=O. The van der Waals surface area contributed by atoms with Gasteiger partial charge < -0.3 is 0 Å². The van der Waals surface area contributed by atoms with Gasteiger partial charge >= 0.3 is 0 Å². The van der Waals surface area contributed by atoms with Crippen molar-refractivity contribution in [1.82, 2.24) is 9.44 Å². The van der Waals surface area contributed by atoms with Crippen molar-refractivity contribution in [2.75, 3.05) is 17.5 Å². The number of sulfonamides is 2. The van der Waals surface area contributed by atoms with Gasteiger partial charge in [0, 0.05) is 12.1 Å². The smallest absolute Gasteiger partial charge is 0.213 e. The highest BCUT2D eigenvalue weighted by molar-refractivity contribution is 9.10. The van der Waals surface area contributed by atoms with Crippen LogP contribution < -0.4 is 9.44 Å². The van der Waals surface area contributed by atoms with E-state index in [1.807, 2.05) is 0 Å². The van der Waals surface area contributed by atoms with Crippen molar-refractivity contribution in [3.8, 4) is 0 Å². The fourth-order valence-corrected chi connectivity index (χ4v) is 3.09. The van der Waals surface area contributed by atoms with Crippen molar-refractivity contribution in [3.63, 3.8) is 0 Å². The molecule has 0 aliphatic carbocycles. The van der Waals surface area contributed by atoms with E-state index in [9.17, 15) is 16.8 Å². The number of halogens is 1. The van der Waals surface area contributed by atoms with E-state index in [0.717, 1.165) is 6.26 Å². The number of hydrogen-bond acceptors (Lipinski definition) is 4. The summed E-state index contributed by atoms with van der Waals surface area (Å²) < 4.78 is 48.4. The van der Waals surface area contributed by atoms with Gasteiger partial charge in [-0.05, 0) is 13.8 Å². The second-order valence-electron chi connectivity index (χ2n) is 3.80. The van der Waals surface area contributed by atoms with Gasteiger partial charge in [0.2, 0.25) is 20.0 Å². The normalized spacial score (nSPS) is 14.1. The van der Waals surface area contributed by atoms with Crippen LogP contribution in [-0.4, -0.2) is 39.8 Å². The summed E-state index contributed by atoms with van der Waals surface area (Å²) in [6, 6.07) is 0. The Kier molecular flexibility index (Phi) is 5.19. The van der Waals surface area contributed by atoms with E-state index in [1.54, 1.807) is 13.8 Å². The molecule has 0 aromatic rings. The first-order valence-corrected chi connectivity index (χ1v) is 8.66. The van der Waals surface area contributed by atoms with Crippen molar-refractivity contribution in [3.05, 3.63) is 0 Å². The van der Waals surface area contributed by atoms with Gasteiger partial charge in [0.05, 0.1) is 6.26 Å². The van der Waals surface area contributed by atoms with E-state index in [4.69, 9.17) is 0 Å². The lowest BCUT2D eigenvalue weighted by Gasteiger charge is -2.24. The molecule has 9 heteroatoms. The summed E-state index contributed by atoms with van der Waals surface area (Å²) >= 11 is 2.81. The zero-order valence-electron chi connectivity index (χ0n) is 8.74. The summed E-state index contributed by atoms with van der Waals surface area (Å²) in [5.74, 6) is 0. The number of alkyl halides is 1. The molecule has 92 valence electrons. The zero-order chi connectivity index (χ0) is 12.3. The van der Waals surface area contributed by atoms with Crippen LogP contribution >= 0.6 is 15.9 Å². The monoisotopic (exact) mass is 322 g/mol. The average Bonchev–Trinajstić information content (AvgIpc) is 1.97. The maximum atomic E-state index is 11.1. The third-order valence-electron chi connectivity index (χ3n) is 1.34. The van der Waals surface area contributed by atoms with E-state index in [0.29, 0.717) is 0 Å². The topological polar surface area (TPSA) is 92.3 Å². The van der Waals surface area contributed by atoms with Gasteiger partial charge in [-0.1, -0.05) is 15.9 Å². The first-order chi connectivity index (χ1) is 6.47. The van der Waals surface area contributed by atoms with E-state index >= 15 is 0 Å². The zero-order valence-corrected chi connectivity index (χ0v) is 12.0. The summed E-state index contributed by atoms with van der Waals surface area (Å²) in [4.78, 5) is 0. The van der Waals surface area contributed by atoms with Gasteiger partial charge in [0.15, 0.2) is 0 Å². The Morgan fingerprint density at radius 3 is 2.00 bits per heavy atom. The third-order valence-corrected chi connectivity index (χ3v) is 4.94. The van der Waals surface area contributed by atoms with Crippen LogP contribution in [0.25, 0.3) is 0 Å². The van der Waals surface area contributed by atoms with Crippen LogP contribution in [0.5, 0.6) is 0 Å². The minimum Gasteiger partial charge on any atom is -0.213 e. The van der Waals surface area contributed by atoms with Crippen molar-refractivity contribution >= 4 is 36.0 Å². The van der Waals surface area contributed by atoms with Gasteiger partial charge in [-0.3, -0.25) is 0 Å². The second-order valence-corrected chi connectivity index (χ2v) is 8.66. The van der Waals surface area contributed by atoms with Gasteiger partial charge in [-0.15, -0.1) is 0 Å². The molecular weight excluding hydrogens is 308 g/mol. The van der Waals surface area contributed by atoms with E-state index in [2.05, 4.69) is 25.4 Å². The number of hydrogen-bond donors (Lipinski definition) is 2. The average molecular weight is 323 g/mol. The van der Waals surface area contributed by atoms with Gasteiger partial charge in [-0.2, -0.15) is 0 Å². The maximum Gasteiger partial charge on any atom is 0.221 e. The molecule has 0 amide bonds. The van der Waals surface area contributed by atoms with Crippen LogP contribution in [0.15, 0.2) is 0 Å². The summed E-state index contributed by atoms with van der Waals surface area (Å²) in [5.41, 5.74) is -0.858. The Hall–Kier alpha value is 0.300. The quantitative estimate of drug-likeness (QED) is 0.650. The molecule has 0 aromatic heterocycles. The summed E-state index contributed by atoms with van der Waals surface area (Å²) in [7, 11) is -6.73. The van der Waals surface area contributed by atoms with Crippen molar-refractivity contribution in [1.29, 1.82) is 0 Å². The Bertz CT molecular complexity index is 401. The molecule has 0 saturated carbocycles. The lowest BCUT2D eigenvalue weighted by Crippen LogP contribution is -2.51. The van der Waals surface area contributed by atoms with Crippen LogP contribution in [0.1, 0.15) is 13.8 Å². The van der Waals surface area contributed by atoms with Gasteiger partial charge in [0.25, 0.3) is 0 Å². The molecule has 0 bridgehead atoms. The predicted molar refractivity (Wildman–Crippen MR) is 62.8 cm³/mol. The maximum absolute atomic E-state index is 11.1. The standard InChI is InChI=1S/C6H15BrN2O4S2/c1-6(2,9-14(3,10)11)4-8-15(12,13)5-7/h8-9H,4-5H2,1-3H3. The summed E-state index contributed by atoms with van der Waals surface area (Å²) in [5, 5.41) is 0. The molecule has 0 spiro atoms. The van der Waals surface area contributed by atoms with E-state index < -0.39 is 25.6 Å². The van der Waals surface area contributed by atoms with Crippen molar-refractivity contribution in [2.24, 2.45) is 0 Å². The highest BCUT2D eigenvalue weighted by Gasteiger charge is 2.23. The van der Waals surface area contributed by atoms with Crippen molar-refractivity contribution in [2.45, 2.75) is 19.4 Å².